The number of rotatable bonds is 6. The Balaban J connectivity index is 2.09. The summed E-state index contributed by atoms with van der Waals surface area (Å²) in [5, 5.41) is 24.2. The summed E-state index contributed by atoms with van der Waals surface area (Å²) >= 11 is 0. The summed E-state index contributed by atoms with van der Waals surface area (Å²) in [5.41, 5.74) is -1.96. The quantitative estimate of drug-likeness (QED) is 0.442. The number of amides is 1. The van der Waals surface area contributed by atoms with E-state index in [1.165, 1.54) is 48.5 Å². The monoisotopic (exact) mass is 398 g/mol. The highest BCUT2D eigenvalue weighted by molar-refractivity contribution is 6.47. The molecule has 1 amide bonds. The molecule has 1 aliphatic rings. The van der Waals surface area contributed by atoms with E-state index in [2.05, 4.69) is 10.3 Å². The van der Waals surface area contributed by atoms with Crippen molar-refractivity contribution < 1.29 is 24.2 Å². The summed E-state index contributed by atoms with van der Waals surface area (Å²) in [6.45, 7) is 1.60. The van der Waals surface area contributed by atoms with Gasteiger partial charge in [0.2, 0.25) is 0 Å². The molecule has 11 heteroatoms. The topological polar surface area (TPSA) is 154 Å². The molecule has 1 atom stereocenters. The van der Waals surface area contributed by atoms with Crippen LogP contribution in [0.4, 0.5) is 11.4 Å². The Morgan fingerprint density at radius 2 is 1.55 bits per heavy atom. The number of nitrogens with zero attached hydrogens (tertiary/aromatic N) is 3. The van der Waals surface area contributed by atoms with Crippen molar-refractivity contribution in [2.45, 2.75) is 12.6 Å². The normalized spacial score (nSPS) is 18.0. The van der Waals surface area contributed by atoms with Gasteiger partial charge in [0, 0.05) is 35.4 Å². The minimum absolute atomic E-state index is 0.0197. The van der Waals surface area contributed by atoms with Gasteiger partial charge < -0.3 is 10.1 Å². The van der Waals surface area contributed by atoms with E-state index in [1.54, 1.807) is 6.92 Å². The van der Waals surface area contributed by atoms with Crippen molar-refractivity contribution in [2.75, 3.05) is 6.61 Å². The average Bonchev–Trinajstić information content (AvgIpc) is 3.07. The van der Waals surface area contributed by atoms with Crippen molar-refractivity contribution in [3.63, 3.8) is 0 Å². The van der Waals surface area contributed by atoms with Crippen molar-refractivity contribution >= 4 is 29.0 Å². The van der Waals surface area contributed by atoms with Crippen LogP contribution in [0.5, 0.6) is 0 Å². The van der Waals surface area contributed by atoms with E-state index in [0.29, 0.717) is 0 Å². The van der Waals surface area contributed by atoms with Crippen LogP contribution in [0.2, 0.25) is 0 Å². The molecule has 1 unspecified atom stereocenters. The van der Waals surface area contributed by atoms with Crippen LogP contribution in [0, 0.1) is 20.2 Å². The fraction of sp³-hybridized carbons (Fsp3) is 0.167. The molecule has 29 heavy (non-hydrogen) atoms. The second kappa shape index (κ2) is 7.46. The molecule has 0 aromatic heterocycles. The first kappa shape index (κ1) is 19.6. The number of nitro benzene ring substituents is 2. The number of hydrogen-bond acceptors (Lipinski definition) is 8. The number of nitro groups is 2. The molecule has 0 saturated heterocycles. The lowest BCUT2D eigenvalue weighted by molar-refractivity contribution is -0.385. The predicted octanol–water partition coefficient (Wildman–Crippen LogP) is 1.84. The third-order valence-corrected chi connectivity index (χ3v) is 4.21. The number of esters is 1. The van der Waals surface area contributed by atoms with E-state index >= 15 is 0 Å². The molecule has 3 rings (SSSR count). The molecule has 0 spiro atoms. The zero-order valence-corrected chi connectivity index (χ0v) is 15.0. The van der Waals surface area contributed by atoms with Crippen LogP contribution in [0.1, 0.15) is 18.1 Å². The van der Waals surface area contributed by atoms with Crippen molar-refractivity contribution in [2.24, 2.45) is 4.99 Å². The van der Waals surface area contributed by atoms with Gasteiger partial charge in [-0.15, -0.1) is 0 Å². The first-order valence-electron chi connectivity index (χ1n) is 8.38. The highest BCUT2D eigenvalue weighted by Gasteiger charge is 2.49. The van der Waals surface area contributed by atoms with Crippen molar-refractivity contribution in [1.29, 1.82) is 0 Å². The van der Waals surface area contributed by atoms with Gasteiger partial charge in [0.25, 0.3) is 22.9 Å². The van der Waals surface area contributed by atoms with Gasteiger partial charge in [-0.1, -0.05) is 0 Å². The van der Waals surface area contributed by atoms with Crippen molar-refractivity contribution in [3.05, 3.63) is 79.9 Å². The van der Waals surface area contributed by atoms with Crippen LogP contribution in [0.3, 0.4) is 0 Å². The molecule has 2 aromatic carbocycles. The maximum Gasteiger partial charge on any atom is 0.359 e. The third kappa shape index (κ3) is 3.52. The predicted molar refractivity (Wildman–Crippen MR) is 99.2 cm³/mol. The van der Waals surface area contributed by atoms with Crippen LogP contribution >= 0.6 is 0 Å². The highest BCUT2D eigenvalue weighted by Crippen LogP contribution is 2.31. The van der Waals surface area contributed by atoms with E-state index < -0.39 is 27.4 Å². The molecule has 0 aliphatic carbocycles. The SMILES string of the molecule is CCOC(=O)C1(c2ccc([N+](=O)[O-])cc2)N=C(c2ccc([N+](=O)[O-])cc2)C(=O)N1. The lowest BCUT2D eigenvalue weighted by Crippen LogP contribution is -2.47. The minimum Gasteiger partial charge on any atom is -0.463 e. The molecular weight excluding hydrogens is 384 g/mol. The average molecular weight is 398 g/mol. The van der Waals surface area contributed by atoms with E-state index in [1.807, 2.05) is 0 Å². The van der Waals surface area contributed by atoms with Crippen molar-refractivity contribution in [3.8, 4) is 0 Å². The second-order valence-electron chi connectivity index (χ2n) is 5.95. The largest absolute Gasteiger partial charge is 0.463 e. The Labute approximate surface area is 163 Å². The summed E-state index contributed by atoms with van der Waals surface area (Å²) < 4.78 is 5.06. The molecular formula is C18H14N4O7. The molecule has 1 heterocycles. The van der Waals surface area contributed by atoms with Gasteiger partial charge in [0.05, 0.1) is 16.5 Å². The number of ether oxygens (including phenoxy) is 1. The molecule has 11 nitrogen and oxygen atoms in total. The van der Waals surface area contributed by atoms with Gasteiger partial charge in [0.1, 0.15) is 5.71 Å². The molecule has 1 aliphatic heterocycles. The fourth-order valence-corrected chi connectivity index (χ4v) is 2.82. The molecule has 0 bridgehead atoms. The van der Waals surface area contributed by atoms with Gasteiger partial charge in [0.15, 0.2) is 0 Å². The number of non-ortho nitro benzene ring substituents is 2. The number of nitrogens with one attached hydrogen (secondary N) is 1. The number of hydrogen-bond donors (Lipinski definition) is 1. The summed E-state index contributed by atoms with van der Waals surface area (Å²) in [6.07, 6.45) is 0. The number of carbonyl (C=O) groups is 2. The summed E-state index contributed by atoms with van der Waals surface area (Å²) in [7, 11) is 0. The first-order valence-corrected chi connectivity index (χ1v) is 8.38. The fourth-order valence-electron chi connectivity index (χ4n) is 2.82. The maximum atomic E-state index is 12.7. The molecule has 0 radical (unpaired) electrons. The Hall–Kier alpha value is -4.15. The smallest absolute Gasteiger partial charge is 0.359 e. The zero-order valence-electron chi connectivity index (χ0n) is 15.0. The van der Waals surface area contributed by atoms with Crippen molar-refractivity contribution in [1.82, 2.24) is 5.32 Å². The second-order valence-corrected chi connectivity index (χ2v) is 5.95. The number of aliphatic imine (C=N–C) groups is 1. The van der Waals surface area contributed by atoms with Gasteiger partial charge in [-0.05, 0) is 31.2 Å². The third-order valence-electron chi connectivity index (χ3n) is 4.21. The van der Waals surface area contributed by atoms with Gasteiger partial charge in [-0.3, -0.25) is 25.0 Å². The van der Waals surface area contributed by atoms with Crippen LogP contribution in [-0.2, 0) is 20.0 Å². The Kier molecular flexibility index (Phi) is 5.05. The van der Waals surface area contributed by atoms with Gasteiger partial charge >= 0.3 is 5.97 Å². The standard InChI is InChI=1S/C18H14N4O7/c1-2-29-17(24)18(12-5-9-14(10-6-12)22(27)28)19-15(16(23)20-18)11-3-7-13(8-4-11)21(25)26/h3-10H,2H2,1H3,(H,20,23). The van der Waals surface area contributed by atoms with E-state index in [0.717, 1.165) is 0 Å². The summed E-state index contributed by atoms with van der Waals surface area (Å²) in [6, 6.07) is 10.1. The van der Waals surface area contributed by atoms with Crippen LogP contribution in [0.15, 0.2) is 53.5 Å². The number of benzene rings is 2. The van der Waals surface area contributed by atoms with E-state index in [4.69, 9.17) is 4.74 Å². The molecule has 2 aromatic rings. The lowest BCUT2D eigenvalue weighted by atomic mass is 10.00. The lowest BCUT2D eigenvalue weighted by Gasteiger charge is -2.24. The van der Waals surface area contributed by atoms with Crippen LogP contribution in [-0.4, -0.2) is 34.0 Å². The Morgan fingerprint density at radius 3 is 2.03 bits per heavy atom. The van der Waals surface area contributed by atoms with E-state index in [9.17, 15) is 29.8 Å². The van der Waals surface area contributed by atoms with Crippen LogP contribution < -0.4 is 5.32 Å². The number of carbonyl (C=O) groups excluding carboxylic acids is 2. The van der Waals surface area contributed by atoms with Gasteiger partial charge in [-0.2, -0.15) is 0 Å². The van der Waals surface area contributed by atoms with E-state index in [-0.39, 0.29) is 34.8 Å². The molecule has 148 valence electrons. The minimum atomic E-state index is -1.92. The molecule has 1 N–H and O–H groups in total. The van der Waals surface area contributed by atoms with Gasteiger partial charge in [-0.25, -0.2) is 9.79 Å². The highest BCUT2D eigenvalue weighted by atomic mass is 16.6. The summed E-state index contributed by atoms with van der Waals surface area (Å²) in [4.78, 5) is 50.0. The summed E-state index contributed by atoms with van der Waals surface area (Å²) in [5.74, 6) is -1.55. The maximum absolute atomic E-state index is 12.7. The molecule has 0 fully saturated rings. The first-order chi connectivity index (χ1) is 13.8. The Morgan fingerprint density at radius 1 is 1.03 bits per heavy atom. The van der Waals surface area contributed by atoms with Crippen LogP contribution in [0.25, 0.3) is 0 Å². The Bertz CT molecular complexity index is 1030. The zero-order chi connectivity index (χ0) is 21.2. The molecule has 0 saturated carbocycles.